The van der Waals surface area contributed by atoms with E-state index < -0.39 is 0 Å². The maximum Gasteiger partial charge on any atom is 0.252 e. The summed E-state index contributed by atoms with van der Waals surface area (Å²) in [5.41, 5.74) is 1.84. The third-order valence-corrected chi connectivity index (χ3v) is 3.10. The van der Waals surface area contributed by atoms with Crippen molar-refractivity contribution in [2.75, 3.05) is 5.32 Å². The summed E-state index contributed by atoms with van der Waals surface area (Å²) in [4.78, 5) is 0. The number of hydrogen-bond acceptors (Lipinski definition) is 4. The summed E-state index contributed by atoms with van der Waals surface area (Å²) in [5, 5.41) is 14.9. The van der Waals surface area contributed by atoms with E-state index in [0.29, 0.717) is 5.95 Å². The Morgan fingerprint density at radius 3 is 2.42 bits per heavy atom. The monoisotopic (exact) mass is 315 g/mol. The first-order chi connectivity index (χ1) is 9.33. The molecule has 1 aromatic heterocycles. The third-order valence-electron chi connectivity index (χ3n) is 2.57. The van der Waals surface area contributed by atoms with Crippen molar-refractivity contribution in [2.45, 2.75) is 0 Å². The first-order valence-corrected chi connectivity index (χ1v) is 6.48. The average Bonchev–Trinajstić information content (AvgIpc) is 2.89. The Kier molecular flexibility index (Phi) is 3.24. The number of para-hydroxylation sites is 1. The summed E-state index contributed by atoms with van der Waals surface area (Å²) >= 11 is 3.40. The second kappa shape index (κ2) is 5.19. The van der Waals surface area contributed by atoms with Crippen LogP contribution in [-0.4, -0.2) is 20.2 Å². The van der Waals surface area contributed by atoms with Crippen LogP contribution in [0.3, 0.4) is 0 Å². The number of halogens is 1. The van der Waals surface area contributed by atoms with Gasteiger partial charge in [-0.15, -0.1) is 0 Å². The molecule has 2 aromatic carbocycles. The van der Waals surface area contributed by atoms with Crippen LogP contribution in [0.1, 0.15) is 0 Å². The highest BCUT2D eigenvalue weighted by molar-refractivity contribution is 9.10. The van der Waals surface area contributed by atoms with Gasteiger partial charge in [-0.1, -0.05) is 39.2 Å². The lowest BCUT2D eigenvalue weighted by Crippen LogP contribution is -2.03. The van der Waals surface area contributed by atoms with Gasteiger partial charge in [0.15, 0.2) is 0 Å². The predicted molar refractivity (Wildman–Crippen MR) is 76.6 cm³/mol. The zero-order valence-corrected chi connectivity index (χ0v) is 11.4. The van der Waals surface area contributed by atoms with Crippen molar-refractivity contribution < 1.29 is 0 Å². The molecule has 0 radical (unpaired) electrons. The van der Waals surface area contributed by atoms with Crippen LogP contribution in [0.5, 0.6) is 0 Å². The van der Waals surface area contributed by atoms with Crippen LogP contribution in [0.25, 0.3) is 5.69 Å². The van der Waals surface area contributed by atoms with Gasteiger partial charge in [-0.3, -0.25) is 0 Å². The van der Waals surface area contributed by atoms with Gasteiger partial charge in [-0.05, 0) is 46.8 Å². The van der Waals surface area contributed by atoms with Gasteiger partial charge in [0.25, 0.3) is 5.95 Å². The molecule has 0 unspecified atom stereocenters. The predicted octanol–water partition coefficient (Wildman–Crippen LogP) is 3.17. The molecule has 1 heterocycles. The first kappa shape index (κ1) is 11.9. The third kappa shape index (κ3) is 2.63. The molecule has 0 amide bonds. The molecule has 5 nitrogen and oxygen atoms in total. The number of rotatable bonds is 3. The van der Waals surface area contributed by atoms with Gasteiger partial charge < -0.3 is 5.32 Å². The Bertz CT molecular complexity index is 663. The molecule has 0 aliphatic heterocycles. The Balaban J connectivity index is 1.92. The first-order valence-electron chi connectivity index (χ1n) is 5.69. The zero-order chi connectivity index (χ0) is 13.1. The lowest BCUT2D eigenvalue weighted by atomic mass is 10.3. The molecule has 0 saturated carbocycles. The van der Waals surface area contributed by atoms with Crippen LogP contribution < -0.4 is 5.32 Å². The van der Waals surface area contributed by atoms with Crippen molar-refractivity contribution in [1.82, 2.24) is 20.2 Å². The standard InChI is InChI=1S/C13H10BrN5/c14-10-6-8-12(9-7-10)19-13(16-17-18-19)15-11-4-2-1-3-5-11/h1-9H,(H,15,16,18). The van der Waals surface area contributed by atoms with Gasteiger partial charge in [-0.2, -0.15) is 4.68 Å². The van der Waals surface area contributed by atoms with Crippen LogP contribution in [-0.2, 0) is 0 Å². The largest absolute Gasteiger partial charge is 0.323 e. The molecular weight excluding hydrogens is 306 g/mol. The van der Waals surface area contributed by atoms with Crippen molar-refractivity contribution in [3.63, 3.8) is 0 Å². The van der Waals surface area contributed by atoms with E-state index in [4.69, 9.17) is 0 Å². The molecule has 0 spiro atoms. The Hall–Kier alpha value is -2.21. The lowest BCUT2D eigenvalue weighted by Gasteiger charge is -2.06. The number of hydrogen-bond donors (Lipinski definition) is 1. The van der Waals surface area contributed by atoms with Crippen molar-refractivity contribution in [3.05, 3.63) is 59.1 Å². The number of tetrazole rings is 1. The maximum atomic E-state index is 3.99. The molecule has 94 valence electrons. The Morgan fingerprint density at radius 1 is 0.947 bits per heavy atom. The van der Waals surface area contributed by atoms with Crippen LogP contribution in [0.15, 0.2) is 59.1 Å². The molecule has 6 heteroatoms. The number of nitrogens with one attached hydrogen (secondary N) is 1. The molecule has 3 rings (SSSR count). The van der Waals surface area contributed by atoms with Crippen LogP contribution >= 0.6 is 15.9 Å². The van der Waals surface area contributed by atoms with Gasteiger partial charge in [0.05, 0.1) is 5.69 Å². The number of anilines is 2. The van der Waals surface area contributed by atoms with Crippen LogP contribution in [0.4, 0.5) is 11.6 Å². The summed E-state index contributed by atoms with van der Waals surface area (Å²) < 4.78 is 2.67. The quantitative estimate of drug-likeness (QED) is 0.806. The van der Waals surface area contributed by atoms with E-state index in [1.165, 1.54) is 0 Å². The lowest BCUT2D eigenvalue weighted by molar-refractivity contribution is 0.791. The van der Waals surface area contributed by atoms with Gasteiger partial charge in [0.2, 0.25) is 0 Å². The number of benzene rings is 2. The summed E-state index contributed by atoms with van der Waals surface area (Å²) in [7, 11) is 0. The smallest absolute Gasteiger partial charge is 0.252 e. The SMILES string of the molecule is Brc1ccc(-n2nnnc2Nc2ccccc2)cc1. The average molecular weight is 316 g/mol. The maximum absolute atomic E-state index is 3.99. The molecule has 0 atom stereocenters. The van der Waals surface area contributed by atoms with E-state index in [2.05, 4.69) is 36.8 Å². The van der Waals surface area contributed by atoms with E-state index in [1.54, 1.807) is 4.68 Å². The minimum atomic E-state index is 0.577. The van der Waals surface area contributed by atoms with Crippen LogP contribution in [0.2, 0.25) is 0 Å². The van der Waals surface area contributed by atoms with E-state index >= 15 is 0 Å². The summed E-state index contributed by atoms with van der Waals surface area (Å²) in [6.45, 7) is 0. The fourth-order valence-corrected chi connectivity index (χ4v) is 1.94. The summed E-state index contributed by atoms with van der Waals surface area (Å²) in [6, 6.07) is 17.6. The highest BCUT2D eigenvalue weighted by Crippen LogP contribution is 2.18. The molecule has 0 aliphatic rings. The summed E-state index contributed by atoms with van der Waals surface area (Å²) in [6.07, 6.45) is 0. The Labute approximate surface area is 118 Å². The van der Waals surface area contributed by atoms with Gasteiger partial charge >= 0.3 is 0 Å². The molecule has 1 N–H and O–H groups in total. The van der Waals surface area contributed by atoms with Gasteiger partial charge in [0.1, 0.15) is 0 Å². The second-order valence-electron chi connectivity index (χ2n) is 3.88. The zero-order valence-electron chi connectivity index (χ0n) is 9.86. The Morgan fingerprint density at radius 2 is 1.68 bits per heavy atom. The molecule has 0 aliphatic carbocycles. The molecule has 19 heavy (non-hydrogen) atoms. The van der Waals surface area contributed by atoms with Gasteiger partial charge in [0, 0.05) is 10.2 Å². The molecule has 0 fully saturated rings. The fraction of sp³-hybridized carbons (Fsp3) is 0. The van der Waals surface area contributed by atoms with E-state index in [0.717, 1.165) is 15.8 Å². The highest BCUT2D eigenvalue weighted by Gasteiger charge is 2.07. The van der Waals surface area contributed by atoms with Crippen molar-refractivity contribution >= 4 is 27.6 Å². The van der Waals surface area contributed by atoms with Gasteiger partial charge in [-0.25, -0.2) is 0 Å². The summed E-state index contributed by atoms with van der Waals surface area (Å²) in [5.74, 6) is 0.577. The minimum Gasteiger partial charge on any atom is -0.323 e. The van der Waals surface area contributed by atoms with E-state index in [-0.39, 0.29) is 0 Å². The van der Waals surface area contributed by atoms with Crippen LogP contribution in [0, 0.1) is 0 Å². The van der Waals surface area contributed by atoms with Crippen molar-refractivity contribution in [3.8, 4) is 5.69 Å². The topological polar surface area (TPSA) is 55.6 Å². The molecule has 0 saturated heterocycles. The fourth-order valence-electron chi connectivity index (χ4n) is 1.67. The van der Waals surface area contributed by atoms with E-state index in [9.17, 15) is 0 Å². The van der Waals surface area contributed by atoms with Crippen molar-refractivity contribution in [1.29, 1.82) is 0 Å². The number of nitrogens with zero attached hydrogens (tertiary/aromatic N) is 4. The number of aromatic nitrogens is 4. The normalized spacial score (nSPS) is 10.4. The molecule has 0 bridgehead atoms. The molecular formula is C13H10BrN5. The van der Waals surface area contributed by atoms with Crippen molar-refractivity contribution in [2.24, 2.45) is 0 Å². The minimum absolute atomic E-state index is 0.577. The second-order valence-corrected chi connectivity index (χ2v) is 4.80. The van der Waals surface area contributed by atoms with E-state index in [1.807, 2.05) is 54.6 Å². The highest BCUT2D eigenvalue weighted by atomic mass is 79.9. The molecule has 3 aromatic rings.